The standard InChI is InChI=1S/C21H22ClN5O4S/c1-4-31-21(28)27-32(3,29)12-14-6-5-7-16(10-14)25-20-24-13-23-19(26-20)17-9-8-15(22)11-18(17)30-2/h5-11,13H,4,12H2,1-3H3,(H,23,24,25,26). The number of amides is 1. The molecular formula is C21H22ClN5O4S. The number of rotatable bonds is 7. The van der Waals surface area contributed by atoms with Gasteiger partial charge in [0.25, 0.3) is 0 Å². The lowest BCUT2D eigenvalue weighted by atomic mass is 10.2. The molecule has 0 bridgehead atoms. The number of nitrogens with one attached hydrogen (secondary N) is 1. The molecule has 2 aromatic carbocycles. The molecule has 0 aliphatic carbocycles. The van der Waals surface area contributed by atoms with Gasteiger partial charge in [-0.05, 0) is 42.8 Å². The van der Waals surface area contributed by atoms with Crippen molar-refractivity contribution >= 4 is 39.1 Å². The van der Waals surface area contributed by atoms with Crippen molar-refractivity contribution in [2.75, 3.05) is 25.3 Å². The second kappa shape index (κ2) is 10.4. The highest BCUT2D eigenvalue weighted by molar-refractivity contribution is 7.92. The Balaban J connectivity index is 1.82. The predicted molar refractivity (Wildman–Crippen MR) is 124 cm³/mol. The van der Waals surface area contributed by atoms with Crippen LogP contribution in [-0.4, -0.2) is 45.2 Å². The molecule has 0 aliphatic rings. The number of carbonyl (C=O) groups excluding carboxylic acids is 1. The van der Waals surface area contributed by atoms with Gasteiger partial charge in [-0.3, -0.25) is 0 Å². The van der Waals surface area contributed by atoms with E-state index in [-0.39, 0.29) is 12.4 Å². The van der Waals surface area contributed by atoms with Crippen molar-refractivity contribution < 1.29 is 18.5 Å². The van der Waals surface area contributed by atoms with Gasteiger partial charge in [-0.25, -0.2) is 19.0 Å². The average molecular weight is 476 g/mol. The molecule has 0 radical (unpaired) electrons. The number of carbonyl (C=O) groups is 1. The van der Waals surface area contributed by atoms with E-state index >= 15 is 0 Å². The Labute approximate surface area is 191 Å². The third kappa shape index (κ3) is 6.38. The molecule has 1 heterocycles. The molecule has 11 heteroatoms. The average Bonchev–Trinajstić information content (AvgIpc) is 2.73. The van der Waals surface area contributed by atoms with Crippen LogP contribution in [0.3, 0.4) is 0 Å². The van der Waals surface area contributed by atoms with Gasteiger partial charge in [0.2, 0.25) is 5.95 Å². The van der Waals surface area contributed by atoms with E-state index in [1.807, 2.05) is 6.07 Å². The van der Waals surface area contributed by atoms with Crippen LogP contribution in [0.15, 0.2) is 53.2 Å². The zero-order valence-corrected chi connectivity index (χ0v) is 19.3. The smallest absolute Gasteiger partial charge is 0.441 e. The predicted octanol–water partition coefficient (Wildman–Crippen LogP) is 4.70. The van der Waals surface area contributed by atoms with Crippen LogP contribution in [0.1, 0.15) is 12.5 Å². The molecule has 3 aromatic rings. The van der Waals surface area contributed by atoms with Gasteiger partial charge in [-0.1, -0.05) is 23.7 Å². The Morgan fingerprint density at radius 1 is 1.22 bits per heavy atom. The number of ether oxygens (including phenoxy) is 2. The molecule has 0 aliphatic heterocycles. The van der Waals surface area contributed by atoms with E-state index in [2.05, 4.69) is 24.6 Å². The number of benzene rings is 2. The Kier molecular flexibility index (Phi) is 7.60. The Bertz CT molecular complexity index is 1240. The fourth-order valence-electron chi connectivity index (χ4n) is 2.85. The number of hydrogen-bond acceptors (Lipinski definition) is 8. The lowest BCUT2D eigenvalue weighted by Crippen LogP contribution is -2.07. The fourth-order valence-corrected chi connectivity index (χ4v) is 4.25. The summed E-state index contributed by atoms with van der Waals surface area (Å²) in [6.45, 7) is 1.84. The number of methoxy groups -OCH3 is 1. The maximum absolute atomic E-state index is 12.7. The highest BCUT2D eigenvalue weighted by Gasteiger charge is 2.12. The topological polar surface area (TPSA) is 116 Å². The van der Waals surface area contributed by atoms with Gasteiger partial charge in [0.15, 0.2) is 5.82 Å². The lowest BCUT2D eigenvalue weighted by molar-refractivity contribution is 0.164. The minimum atomic E-state index is -2.79. The summed E-state index contributed by atoms with van der Waals surface area (Å²) in [4.78, 5) is 24.4. The molecule has 9 nitrogen and oxygen atoms in total. The molecule has 0 spiro atoms. The van der Waals surface area contributed by atoms with Gasteiger partial charge >= 0.3 is 6.09 Å². The van der Waals surface area contributed by atoms with Crippen LogP contribution in [0.5, 0.6) is 5.75 Å². The quantitative estimate of drug-likeness (QED) is 0.522. The van der Waals surface area contributed by atoms with Crippen LogP contribution in [-0.2, 0) is 20.2 Å². The highest BCUT2D eigenvalue weighted by Crippen LogP contribution is 2.30. The van der Waals surface area contributed by atoms with Crippen molar-refractivity contribution in [2.24, 2.45) is 4.36 Å². The summed E-state index contributed by atoms with van der Waals surface area (Å²) in [6.07, 6.45) is 1.98. The first-order valence-corrected chi connectivity index (χ1v) is 12.0. The minimum absolute atomic E-state index is 0.0890. The fraction of sp³-hybridized carbons (Fsp3) is 0.238. The summed E-state index contributed by atoms with van der Waals surface area (Å²) in [5, 5.41) is 3.64. The van der Waals surface area contributed by atoms with Gasteiger partial charge in [-0.2, -0.15) is 4.98 Å². The van der Waals surface area contributed by atoms with Gasteiger partial charge < -0.3 is 14.8 Å². The maximum atomic E-state index is 12.7. The molecule has 0 saturated heterocycles. The van der Waals surface area contributed by atoms with Crippen molar-refractivity contribution in [3.05, 3.63) is 59.4 Å². The Morgan fingerprint density at radius 3 is 2.78 bits per heavy atom. The van der Waals surface area contributed by atoms with Crippen LogP contribution in [0.2, 0.25) is 5.02 Å². The summed E-state index contributed by atoms with van der Waals surface area (Å²) < 4.78 is 26.4. The van der Waals surface area contributed by atoms with E-state index in [4.69, 9.17) is 21.1 Å². The van der Waals surface area contributed by atoms with Crippen molar-refractivity contribution in [2.45, 2.75) is 12.7 Å². The molecule has 0 saturated carbocycles. The van der Waals surface area contributed by atoms with E-state index < -0.39 is 15.8 Å². The Morgan fingerprint density at radius 2 is 2.03 bits per heavy atom. The van der Waals surface area contributed by atoms with Gasteiger partial charge in [0, 0.05) is 17.0 Å². The molecular weight excluding hydrogens is 454 g/mol. The van der Waals surface area contributed by atoms with Crippen molar-refractivity contribution in [1.82, 2.24) is 15.0 Å². The zero-order valence-electron chi connectivity index (χ0n) is 17.7. The molecule has 1 N–H and O–H groups in total. The van der Waals surface area contributed by atoms with Crippen LogP contribution in [0.25, 0.3) is 11.4 Å². The summed E-state index contributed by atoms with van der Waals surface area (Å²) in [5.41, 5.74) is 2.07. The first-order valence-electron chi connectivity index (χ1n) is 9.55. The van der Waals surface area contributed by atoms with E-state index in [1.165, 1.54) is 12.6 Å². The largest absolute Gasteiger partial charge is 0.496 e. The van der Waals surface area contributed by atoms with E-state index in [9.17, 15) is 9.00 Å². The summed E-state index contributed by atoms with van der Waals surface area (Å²) in [6, 6.07) is 12.4. The second-order valence-electron chi connectivity index (χ2n) is 6.70. The van der Waals surface area contributed by atoms with Gasteiger partial charge in [-0.15, -0.1) is 4.36 Å². The number of anilines is 2. The molecule has 168 valence electrons. The van der Waals surface area contributed by atoms with Gasteiger partial charge in [0.05, 0.1) is 34.8 Å². The van der Waals surface area contributed by atoms with Crippen LogP contribution < -0.4 is 10.1 Å². The third-order valence-electron chi connectivity index (χ3n) is 4.13. The minimum Gasteiger partial charge on any atom is -0.496 e. The van der Waals surface area contributed by atoms with Crippen molar-refractivity contribution in [3.8, 4) is 17.1 Å². The van der Waals surface area contributed by atoms with Crippen LogP contribution in [0.4, 0.5) is 16.4 Å². The Hall–Kier alpha value is -3.24. The number of nitrogens with zero attached hydrogens (tertiary/aromatic N) is 4. The third-order valence-corrected chi connectivity index (χ3v) is 5.77. The molecule has 1 atom stereocenters. The molecule has 32 heavy (non-hydrogen) atoms. The van der Waals surface area contributed by atoms with E-state index in [0.29, 0.717) is 33.8 Å². The normalized spacial score (nSPS) is 12.5. The van der Waals surface area contributed by atoms with Gasteiger partial charge in [0.1, 0.15) is 12.1 Å². The van der Waals surface area contributed by atoms with Crippen LogP contribution >= 0.6 is 11.6 Å². The zero-order chi connectivity index (χ0) is 23.1. The molecule has 1 unspecified atom stereocenters. The first-order chi connectivity index (χ1) is 15.3. The summed E-state index contributed by atoms with van der Waals surface area (Å²) in [7, 11) is -1.25. The lowest BCUT2D eigenvalue weighted by Gasteiger charge is -2.10. The number of aromatic nitrogens is 3. The second-order valence-corrected chi connectivity index (χ2v) is 9.52. The monoisotopic (exact) mass is 475 g/mol. The SMILES string of the molecule is CCOC(=O)N=S(C)(=O)Cc1cccc(Nc2ncnc(-c3ccc(Cl)cc3OC)n2)c1. The van der Waals surface area contributed by atoms with Crippen molar-refractivity contribution in [1.29, 1.82) is 0 Å². The maximum Gasteiger partial charge on any atom is 0.441 e. The van der Waals surface area contributed by atoms with E-state index in [0.717, 1.165) is 5.56 Å². The molecule has 3 rings (SSSR count). The van der Waals surface area contributed by atoms with Crippen molar-refractivity contribution in [3.63, 3.8) is 0 Å². The number of hydrogen-bond donors (Lipinski definition) is 1. The highest BCUT2D eigenvalue weighted by atomic mass is 35.5. The summed E-state index contributed by atoms with van der Waals surface area (Å²) in [5.74, 6) is 1.36. The van der Waals surface area contributed by atoms with Crippen LogP contribution in [0, 0.1) is 0 Å². The molecule has 1 aromatic heterocycles. The first kappa shape index (κ1) is 23.4. The summed E-state index contributed by atoms with van der Waals surface area (Å²) >= 11 is 6.03. The molecule has 0 fully saturated rings. The van der Waals surface area contributed by atoms with E-state index in [1.54, 1.807) is 50.4 Å². The number of halogens is 1. The molecule has 1 amide bonds.